The molecular formula is C9H5BrN2S. The van der Waals surface area contributed by atoms with Gasteiger partial charge in [0.15, 0.2) is 0 Å². The lowest BCUT2D eigenvalue weighted by Gasteiger charge is -1.96. The zero-order valence-corrected chi connectivity index (χ0v) is 8.95. The topological polar surface area (TPSA) is 49.8 Å². The van der Waals surface area contributed by atoms with Gasteiger partial charge in [-0.25, -0.2) is 0 Å². The number of hydrogen-bond donors (Lipinski definition) is 1. The van der Waals surface area contributed by atoms with Gasteiger partial charge in [0, 0.05) is 0 Å². The Balaban J connectivity index is 2.93. The van der Waals surface area contributed by atoms with Crippen LogP contribution >= 0.6 is 27.3 Å². The molecular weight excluding hydrogens is 248 g/mol. The van der Waals surface area contributed by atoms with Gasteiger partial charge < -0.3 is 5.73 Å². The van der Waals surface area contributed by atoms with Gasteiger partial charge in [-0.05, 0) is 33.4 Å². The molecule has 0 spiro atoms. The summed E-state index contributed by atoms with van der Waals surface area (Å²) in [4.78, 5) is 0. The highest BCUT2D eigenvalue weighted by molar-refractivity contribution is 9.11. The van der Waals surface area contributed by atoms with Crippen molar-refractivity contribution in [1.82, 2.24) is 0 Å². The summed E-state index contributed by atoms with van der Waals surface area (Å²) in [6.07, 6.45) is 0. The van der Waals surface area contributed by atoms with E-state index < -0.39 is 0 Å². The molecule has 0 amide bonds. The molecule has 0 radical (unpaired) electrons. The van der Waals surface area contributed by atoms with Gasteiger partial charge in [-0.1, -0.05) is 6.07 Å². The molecule has 0 unspecified atom stereocenters. The standard InChI is InChI=1S/C9H5BrN2S/c10-8-3-5-1-2-7(12)6(4-11)9(5)13-8/h1-3H,12H2. The van der Waals surface area contributed by atoms with E-state index in [0.717, 1.165) is 13.9 Å². The molecule has 0 fully saturated rings. The molecule has 13 heavy (non-hydrogen) atoms. The molecule has 0 saturated carbocycles. The van der Waals surface area contributed by atoms with E-state index in [2.05, 4.69) is 22.0 Å². The largest absolute Gasteiger partial charge is 0.398 e. The summed E-state index contributed by atoms with van der Waals surface area (Å²) in [6.45, 7) is 0. The minimum absolute atomic E-state index is 0.546. The average Bonchev–Trinajstić information content (AvgIpc) is 2.45. The van der Waals surface area contributed by atoms with Crippen LogP contribution in [0.1, 0.15) is 5.56 Å². The van der Waals surface area contributed by atoms with Gasteiger partial charge in [0.05, 0.1) is 19.7 Å². The molecule has 0 aliphatic heterocycles. The molecule has 0 saturated heterocycles. The number of nitrogen functional groups attached to an aromatic ring is 1. The van der Waals surface area contributed by atoms with Gasteiger partial charge in [-0.2, -0.15) is 5.26 Å². The number of benzene rings is 1. The van der Waals surface area contributed by atoms with E-state index in [1.54, 1.807) is 6.07 Å². The Morgan fingerprint density at radius 1 is 1.46 bits per heavy atom. The lowest BCUT2D eigenvalue weighted by molar-refractivity contribution is 1.51. The second-order valence-electron chi connectivity index (χ2n) is 2.61. The van der Waals surface area contributed by atoms with E-state index in [-0.39, 0.29) is 0 Å². The summed E-state index contributed by atoms with van der Waals surface area (Å²) in [7, 11) is 0. The number of anilines is 1. The van der Waals surface area contributed by atoms with Crippen molar-refractivity contribution in [2.75, 3.05) is 5.73 Å². The van der Waals surface area contributed by atoms with Crippen LogP contribution in [0.25, 0.3) is 10.1 Å². The summed E-state index contributed by atoms with van der Waals surface area (Å²) in [6, 6.07) is 7.79. The van der Waals surface area contributed by atoms with Gasteiger partial charge in [-0.3, -0.25) is 0 Å². The third-order valence-corrected chi connectivity index (χ3v) is 3.47. The van der Waals surface area contributed by atoms with Crippen LogP contribution in [0.3, 0.4) is 0 Å². The monoisotopic (exact) mass is 252 g/mol. The van der Waals surface area contributed by atoms with E-state index >= 15 is 0 Å². The zero-order valence-electron chi connectivity index (χ0n) is 6.54. The zero-order chi connectivity index (χ0) is 9.42. The number of rotatable bonds is 0. The Bertz CT molecular complexity index is 510. The number of halogens is 1. The van der Waals surface area contributed by atoms with E-state index in [4.69, 9.17) is 11.0 Å². The normalized spacial score (nSPS) is 10.2. The summed E-state index contributed by atoms with van der Waals surface area (Å²) >= 11 is 4.91. The fourth-order valence-corrected chi connectivity index (χ4v) is 2.83. The highest BCUT2D eigenvalue weighted by Crippen LogP contribution is 2.34. The fraction of sp³-hybridized carbons (Fsp3) is 0. The van der Waals surface area contributed by atoms with Crippen molar-refractivity contribution in [3.63, 3.8) is 0 Å². The summed E-state index contributed by atoms with van der Waals surface area (Å²) < 4.78 is 1.97. The number of hydrogen-bond acceptors (Lipinski definition) is 3. The molecule has 2 rings (SSSR count). The Hall–Kier alpha value is -1.05. The predicted octanol–water partition coefficient (Wildman–Crippen LogP) is 3.12. The van der Waals surface area contributed by atoms with E-state index in [0.29, 0.717) is 11.3 Å². The third kappa shape index (κ3) is 1.30. The lowest BCUT2D eigenvalue weighted by atomic mass is 10.1. The van der Waals surface area contributed by atoms with E-state index in [9.17, 15) is 0 Å². The van der Waals surface area contributed by atoms with Crippen molar-refractivity contribution in [3.05, 3.63) is 27.5 Å². The van der Waals surface area contributed by atoms with Crippen LogP contribution < -0.4 is 5.73 Å². The van der Waals surface area contributed by atoms with Gasteiger partial charge in [0.25, 0.3) is 0 Å². The maximum absolute atomic E-state index is 8.89. The first-order chi connectivity index (χ1) is 6.22. The molecule has 0 atom stereocenters. The summed E-state index contributed by atoms with van der Waals surface area (Å²) in [5, 5.41) is 9.95. The van der Waals surface area contributed by atoms with Gasteiger partial charge >= 0.3 is 0 Å². The second kappa shape index (κ2) is 3.02. The fourth-order valence-electron chi connectivity index (χ4n) is 1.20. The Labute approximate surface area is 87.7 Å². The second-order valence-corrected chi connectivity index (χ2v) is 5.04. The molecule has 1 aromatic carbocycles. The van der Waals surface area contributed by atoms with Crippen molar-refractivity contribution in [1.29, 1.82) is 5.26 Å². The van der Waals surface area contributed by atoms with Crippen molar-refractivity contribution in [2.45, 2.75) is 0 Å². The van der Waals surface area contributed by atoms with Crippen molar-refractivity contribution < 1.29 is 0 Å². The minimum Gasteiger partial charge on any atom is -0.398 e. The molecule has 4 heteroatoms. The number of nitriles is 1. The first kappa shape index (κ1) is 8.54. The van der Waals surface area contributed by atoms with Crippen molar-refractivity contribution >= 4 is 43.0 Å². The number of fused-ring (bicyclic) bond motifs is 1. The van der Waals surface area contributed by atoms with Gasteiger partial charge in [-0.15, -0.1) is 11.3 Å². The number of nitrogens with zero attached hydrogens (tertiary/aromatic N) is 1. The van der Waals surface area contributed by atoms with Crippen molar-refractivity contribution in [3.8, 4) is 6.07 Å². The van der Waals surface area contributed by atoms with Crippen LogP contribution in [0.15, 0.2) is 22.0 Å². The Morgan fingerprint density at radius 3 is 2.92 bits per heavy atom. The van der Waals surface area contributed by atoms with Gasteiger partial charge in [0.1, 0.15) is 6.07 Å². The van der Waals surface area contributed by atoms with Crippen LogP contribution in [-0.4, -0.2) is 0 Å². The molecule has 0 aliphatic rings. The smallest absolute Gasteiger partial charge is 0.103 e. The van der Waals surface area contributed by atoms with Crippen LogP contribution in [0.4, 0.5) is 5.69 Å². The van der Waals surface area contributed by atoms with Crippen LogP contribution in [-0.2, 0) is 0 Å². The minimum atomic E-state index is 0.546. The summed E-state index contributed by atoms with van der Waals surface area (Å²) in [5.74, 6) is 0. The number of thiophene rings is 1. The van der Waals surface area contributed by atoms with E-state index in [1.807, 2.05) is 12.1 Å². The van der Waals surface area contributed by atoms with E-state index in [1.165, 1.54) is 11.3 Å². The quantitative estimate of drug-likeness (QED) is 0.733. The molecule has 2 N–H and O–H groups in total. The molecule has 1 aromatic heterocycles. The molecule has 2 nitrogen and oxygen atoms in total. The first-order valence-corrected chi connectivity index (χ1v) is 5.21. The van der Waals surface area contributed by atoms with Crippen LogP contribution in [0, 0.1) is 11.3 Å². The summed E-state index contributed by atoms with van der Waals surface area (Å²) in [5.41, 5.74) is 6.80. The molecule has 64 valence electrons. The molecule has 2 aromatic rings. The number of nitrogens with two attached hydrogens (primary N) is 1. The lowest BCUT2D eigenvalue weighted by Crippen LogP contribution is -1.88. The third-order valence-electron chi connectivity index (χ3n) is 1.80. The maximum Gasteiger partial charge on any atom is 0.103 e. The Kier molecular flexibility index (Phi) is 1.98. The van der Waals surface area contributed by atoms with Crippen molar-refractivity contribution in [2.24, 2.45) is 0 Å². The SMILES string of the molecule is N#Cc1c(N)ccc2cc(Br)sc12. The highest BCUT2D eigenvalue weighted by atomic mass is 79.9. The highest BCUT2D eigenvalue weighted by Gasteiger charge is 2.07. The van der Waals surface area contributed by atoms with Crippen LogP contribution in [0.5, 0.6) is 0 Å². The first-order valence-electron chi connectivity index (χ1n) is 3.60. The Morgan fingerprint density at radius 2 is 2.23 bits per heavy atom. The maximum atomic E-state index is 8.89. The molecule has 0 bridgehead atoms. The molecule has 0 aliphatic carbocycles. The predicted molar refractivity (Wildman–Crippen MR) is 58.7 cm³/mol. The molecule has 1 heterocycles. The average molecular weight is 253 g/mol. The van der Waals surface area contributed by atoms with Crippen LogP contribution in [0.2, 0.25) is 0 Å². The van der Waals surface area contributed by atoms with Gasteiger partial charge in [0.2, 0.25) is 0 Å².